The molecule has 0 aliphatic heterocycles. The summed E-state index contributed by atoms with van der Waals surface area (Å²) in [5.41, 5.74) is 0.558. The Labute approximate surface area is 107 Å². The standard InChI is InChI=1S/C12H9ClO5/c13-9-3-1-7(2-4-9)8(6-11(15)16)5-10(14)12(17)18/h1-5H,6H2,(H,15,16)(H,17,18). The summed E-state index contributed by atoms with van der Waals surface area (Å²) in [6.45, 7) is 0. The number of carboxylic acids is 2. The summed E-state index contributed by atoms with van der Waals surface area (Å²) in [5.74, 6) is -3.96. The Morgan fingerprint density at radius 3 is 2.11 bits per heavy atom. The van der Waals surface area contributed by atoms with Gasteiger partial charge in [-0.3, -0.25) is 9.59 Å². The fourth-order valence-electron chi connectivity index (χ4n) is 1.28. The second-order valence-corrected chi connectivity index (χ2v) is 3.85. The average Bonchev–Trinajstić information content (AvgIpc) is 2.28. The number of rotatable bonds is 5. The molecular weight excluding hydrogens is 260 g/mol. The Hall–Kier alpha value is -2.14. The Balaban J connectivity index is 3.12. The smallest absolute Gasteiger partial charge is 0.376 e. The molecule has 5 nitrogen and oxygen atoms in total. The molecule has 0 aliphatic rings. The van der Waals surface area contributed by atoms with Crippen molar-refractivity contribution in [1.29, 1.82) is 0 Å². The van der Waals surface area contributed by atoms with Crippen LogP contribution in [0, 0.1) is 0 Å². The van der Waals surface area contributed by atoms with E-state index in [0.717, 1.165) is 6.08 Å². The van der Waals surface area contributed by atoms with Crippen molar-refractivity contribution in [2.45, 2.75) is 6.42 Å². The molecule has 1 aromatic carbocycles. The summed E-state index contributed by atoms with van der Waals surface area (Å²) in [6.07, 6.45) is 0.361. The van der Waals surface area contributed by atoms with Gasteiger partial charge in [-0.15, -0.1) is 0 Å². The van der Waals surface area contributed by atoms with Crippen LogP contribution < -0.4 is 0 Å². The van der Waals surface area contributed by atoms with E-state index in [9.17, 15) is 14.4 Å². The number of carbonyl (C=O) groups excluding carboxylic acids is 1. The van der Waals surface area contributed by atoms with E-state index >= 15 is 0 Å². The van der Waals surface area contributed by atoms with Crippen LogP contribution >= 0.6 is 11.6 Å². The van der Waals surface area contributed by atoms with Gasteiger partial charge in [0.15, 0.2) is 0 Å². The molecular formula is C12H9ClO5. The van der Waals surface area contributed by atoms with Crippen LogP contribution in [0.25, 0.3) is 5.57 Å². The maximum atomic E-state index is 11.1. The predicted molar refractivity (Wildman–Crippen MR) is 64.3 cm³/mol. The van der Waals surface area contributed by atoms with Crippen LogP contribution in [0.5, 0.6) is 0 Å². The van der Waals surface area contributed by atoms with Gasteiger partial charge in [-0.1, -0.05) is 23.7 Å². The highest BCUT2D eigenvalue weighted by atomic mass is 35.5. The van der Waals surface area contributed by atoms with Gasteiger partial charge in [-0.05, 0) is 29.3 Å². The van der Waals surface area contributed by atoms with Crippen LogP contribution in [0.15, 0.2) is 30.3 Å². The monoisotopic (exact) mass is 268 g/mol. The first-order chi connectivity index (χ1) is 8.40. The molecule has 0 saturated heterocycles. The van der Waals surface area contributed by atoms with E-state index in [1.165, 1.54) is 24.3 Å². The number of carbonyl (C=O) groups is 3. The lowest BCUT2D eigenvalue weighted by molar-refractivity contribution is -0.146. The van der Waals surface area contributed by atoms with Crippen molar-refractivity contribution in [2.75, 3.05) is 0 Å². The molecule has 0 unspecified atom stereocenters. The lowest BCUT2D eigenvalue weighted by Crippen LogP contribution is -2.10. The van der Waals surface area contributed by atoms with Crippen LogP contribution in [0.3, 0.4) is 0 Å². The highest BCUT2D eigenvalue weighted by Crippen LogP contribution is 2.20. The van der Waals surface area contributed by atoms with Crippen molar-refractivity contribution in [2.24, 2.45) is 0 Å². The van der Waals surface area contributed by atoms with Gasteiger partial charge in [0.2, 0.25) is 0 Å². The first-order valence-electron chi connectivity index (χ1n) is 4.85. The van der Waals surface area contributed by atoms with Gasteiger partial charge in [-0.25, -0.2) is 4.79 Å². The number of ketones is 1. The van der Waals surface area contributed by atoms with Crippen LogP contribution in [0.4, 0.5) is 0 Å². The fourth-order valence-corrected chi connectivity index (χ4v) is 1.41. The molecule has 0 spiro atoms. The molecule has 1 aromatic rings. The molecule has 94 valence electrons. The van der Waals surface area contributed by atoms with Gasteiger partial charge < -0.3 is 10.2 Å². The van der Waals surface area contributed by atoms with Crippen LogP contribution in [0.2, 0.25) is 5.02 Å². The Kier molecular flexibility index (Phi) is 4.62. The first-order valence-corrected chi connectivity index (χ1v) is 5.23. The van der Waals surface area contributed by atoms with Gasteiger partial charge >= 0.3 is 11.9 Å². The third-order valence-electron chi connectivity index (χ3n) is 2.07. The minimum atomic E-state index is -1.63. The summed E-state index contributed by atoms with van der Waals surface area (Å²) in [4.78, 5) is 32.2. The van der Waals surface area contributed by atoms with Crippen LogP contribution in [-0.4, -0.2) is 27.9 Å². The molecule has 2 N–H and O–H groups in total. The Bertz CT molecular complexity index is 516. The van der Waals surface area contributed by atoms with E-state index < -0.39 is 24.1 Å². The molecule has 0 fully saturated rings. The molecule has 0 aliphatic carbocycles. The van der Waals surface area contributed by atoms with Gasteiger partial charge in [-0.2, -0.15) is 0 Å². The van der Waals surface area contributed by atoms with Crippen LogP contribution in [0.1, 0.15) is 12.0 Å². The SMILES string of the molecule is O=C(O)CC(=CC(=O)C(=O)O)c1ccc(Cl)cc1. The summed E-state index contributed by atoms with van der Waals surface area (Å²) in [7, 11) is 0. The maximum Gasteiger partial charge on any atom is 0.376 e. The molecule has 0 saturated carbocycles. The molecule has 0 bridgehead atoms. The van der Waals surface area contributed by atoms with Gasteiger partial charge in [0.25, 0.3) is 5.78 Å². The van der Waals surface area contributed by atoms with E-state index in [-0.39, 0.29) is 5.57 Å². The molecule has 0 radical (unpaired) electrons. The van der Waals surface area contributed by atoms with Crippen molar-refractivity contribution in [1.82, 2.24) is 0 Å². The van der Waals surface area contributed by atoms with Crippen molar-refractivity contribution in [3.8, 4) is 0 Å². The maximum absolute atomic E-state index is 11.1. The highest BCUT2D eigenvalue weighted by Gasteiger charge is 2.13. The molecule has 0 heterocycles. The zero-order valence-corrected chi connectivity index (χ0v) is 9.85. The summed E-state index contributed by atoms with van der Waals surface area (Å²) in [6, 6.07) is 6.09. The average molecular weight is 269 g/mol. The van der Waals surface area contributed by atoms with Crippen molar-refractivity contribution >= 4 is 34.9 Å². The lowest BCUT2D eigenvalue weighted by Gasteiger charge is -2.04. The second-order valence-electron chi connectivity index (χ2n) is 3.42. The number of hydrogen-bond donors (Lipinski definition) is 2. The molecule has 0 atom stereocenters. The Morgan fingerprint density at radius 2 is 1.67 bits per heavy atom. The third-order valence-corrected chi connectivity index (χ3v) is 2.32. The molecule has 1 rings (SSSR count). The quantitative estimate of drug-likeness (QED) is 0.628. The number of benzene rings is 1. The lowest BCUT2D eigenvalue weighted by atomic mass is 10.0. The zero-order chi connectivity index (χ0) is 13.7. The van der Waals surface area contributed by atoms with Crippen LogP contribution in [-0.2, 0) is 14.4 Å². The second kappa shape index (κ2) is 5.97. The number of aliphatic carboxylic acids is 2. The van der Waals surface area contributed by atoms with Gasteiger partial charge in [0, 0.05) is 5.02 Å². The van der Waals surface area contributed by atoms with E-state index in [2.05, 4.69) is 0 Å². The summed E-state index contributed by atoms with van der Waals surface area (Å²) in [5, 5.41) is 17.7. The molecule has 0 amide bonds. The molecule has 0 aromatic heterocycles. The summed E-state index contributed by atoms with van der Waals surface area (Å²) >= 11 is 5.68. The summed E-state index contributed by atoms with van der Waals surface area (Å²) < 4.78 is 0. The normalized spacial score (nSPS) is 11.1. The van der Waals surface area contributed by atoms with Gasteiger partial charge in [0.05, 0.1) is 6.42 Å². The molecule has 18 heavy (non-hydrogen) atoms. The third kappa shape index (κ3) is 4.03. The molecule has 6 heteroatoms. The van der Waals surface area contributed by atoms with Crippen molar-refractivity contribution in [3.05, 3.63) is 40.9 Å². The topological polar surface area (TPSA) is 91.7 Å². The van der Waals surface area contributed by atoms with Crippen molar-refractivity contribution < 1.29 is 24.6 Å². The fraction of sp³-hybridized carbons (Fsp3) is 0.0833. The number of hydrogen-bond acceptors (Lipinski definition) is 3. The van der Waals surface area contributed by atoms with E-state index in [4.69, 9.17) is 21.8 Å². The zero-order valence-electron chi connectivity index (χ0n) is 9.09. The van der Waals surface area contributed by atoms with E-state index in [0.29, 0.717) is 10.6 Å². The number of halogens is 1. The minimum Gasteiger partial charge on any atom is -0.481 e. The van der Waals surface area contributed by atoms with Gasteiger partial charge in [0.1, 0.15) is 0 Å². The largest absolute Gasteiger partial charge is 0.481 e. The Morgan fingerprint density at radius 1 is 1.11 bits per heavy atom. The first kappa shape index (κ1) is 13.9. The van der Waals surface area contributed by atoms with E-state index in [1.807, 2.05) is 0 Å². The van der Waals surface area contributed by atoms with Crippen molar-refractivity contribution in [3.63, 3.8) is 0 Å². The van der Waals surface area contributed by atoms with E-state index in [1.54, 1.807) is 0 Å². The predicted octanol–water partition coefficient (Wildman–Crippen LogP) is 1.85. The number of carboxylic acid groups (broad SMARTS) is 2. The minimum absolute atomic E-state index is 0.117. The highest BCUT2D eigenvalue weighted by molar-refractivity contribution is 6.38.